The van der Waals surface area contributed by atoms with Gasteiger partial charge in [-0.05, 0) is 35.4 Å². The number of hydrogen-bond donors (Lipinski definition) is 2. The fourth-order valence-corrected chi connectivity index (χ4v) is 4.09. The Balaban J connectivity index is 1.18. The van der Waals surface area contributed by atoms with Gasteiger partial charge in [-0.2, -0.15) is 11.3 Å². The van der Waals surface area contributed by atoms with Gasteiger partial charge in [-0.25, -0.2) is 0 Å². The van der Waals surface area contributed by atoms with Crippen molar-refractivity contribution in [1.82, 2.24) is 20.4 Å². The van der Waals surface area contributed by atoms with Gasteiger partial charge in [-0.1, -0.05) is 24.3 Å². The van der Waals surface area contributed by atoms with Crippen molar-refractivity contribution < 1.29 is 14.3 Å². The zero-order valence-electron chi connectivity index (χ0n) is 16.8. The van der Waals surface area contributed by atoms with Gasteiger partial charge in [0, 0.05) is 50.0 Å². The number of amides is 1. The number of benzene rings is 1. The number of carbonyl (C=O) groups is 1. The predicted octanol–water partition coefficient (Wildman–Crippen LogP) is 3.00. The molecule has 1 fully saturated rings. The Morgan fingerprint density at radius 1 is 1.17 bits per heavy atom. The van der Waals surface area contributed by atoms with E-state index in [4.69, 9.17) is 4.42 Å². The Morgan fingerprint density at radius 2 is 1.93 bits per heavy atom. The summed E-state index contributed by atoms with van der Waals surface area (Å²) in [5, 5.41) is 24.5. The van der Waals surface area contributed by atoms with E-state index in [0.29, 0.717) is 31.2 Å². The lowest BCUT2D eigenvalue weighted by Crippen LogP contribution is -2.35. The summed E-state index contributed by atoms with van der Waals surface area (Å²) >= 11 is 1.57. The van der Waals surface area contributed by atoms with E-state index in [9.17, 15) is 9.90 Å². The second-order valence-electron chi connectivity index (χ2n) is 7.61. The third kappa shape index (κ3) is 5.75. The van der Waals surface area contributed by atoms with Crippen LogP contribution in [0, 0.1) is 0 Å². The van der Waals surface area contributed by atoms with Crippen molar-refractivity contribution in [3.05, 3.63) is 58.1 Å². The largest absolute Gasteiger partial charge is 0.421 e. The van der Waals surface area contributed by atoms with Crippen molar-refractivity contribution in [2.45, 2.75) is 44.9 Å². The smallest absolute Gasteiger partial charge is 0.248 e. The second-order valence-corrected chi connectivity index (χ2v) is 8.39. The van der Waals surface area contributed by atoms with E-state index in [1.54, 1.807) is 11.3 Å². The van der Waals surface area contributed by atoms with Gasteiger partial charge in [0.2, 0.25) is 17.7 Å². The van der Waals surface area contributed by atoms with Crippen LogP contribution in [0.2, 0.25) is 0 Å². The van der Waals surface area contributed by atoms with Gasteiger partial charge in [0.25, 0.3) is 0 Å². The molecule has 4 rings (SSSR count). The van der Waals surface area contributed by atoms with Crippen LogP contribution < -0.4 is 5.32 Å². The maximum absolute atomic E-state index is 12.2. The minimum absolute atomic E-state index is 0.0405. The molecule has 0 unspecified atom stereocenters. The van der Waals surface area contributed by atoms with Crippen LogP contribution in [0.5, 0.6) is 0 Å². The van der Waals surface area contributed by atoms with Crippen molar-refractivity contribution in [3.63, 3.8) is 0 Å². The number of aliphatic hydroxyl groups excluding tert-OH is 1. The van der Waals surface area contributed by atoms with Gasteiger partial charge in [-0.15, -0.1) is 10.2 Å². The number of aromatic nitrogens is 2. The normalized spacial score (nSPS) is 15.4. The number of hydrogen-bond acceptors (Lipinski definition) is 7. The summed E-state index contributed by atoms with van der Waals surface area (Å²) in [4.78, 5) is 14.5. The van der Waals surface area contributed by atoms with E-state index >= 15 is 0 Å². The summed E-state index contributed by atoms with van der Waals surface area (Å²) in [6.45, 7) is 3.28. The molecule has 1 aliphatic rings. The molecule has 3 heterocycles. The number of aliphatic hydroxyl groups is 1. The zero-order valence-corrected chi connectivity index (χ0v) is 17.6. The first-order valence-corrected chi connectivity index (χ1v) is 11.2. The minimum Gasteiger partial charge on any atom is -0.421 e. The third-order valence-electron chi connectivity index (χ3n) is 5.28. The highest BCUT2D eigenvalue weighted by atomic mass is 32.1. The molecule has 1 saturated heterocycles. The summed E-state index contributed by atoms with van der Waals surface area (Å²) in [7, 11) is 0. The number of carbonyl (C=O) groups excluding carboxylic acids is 1. The fraction of sp³-hybridized carbons (Fsp3) is 0.409. The number of thiophene rings is 1. The Morgan fingerprint density at radius 3 is 2.67 bits per heavy atom. The van der Waals surface area contributed by atoms with Crippen molar-refractivity contribution in [2.75, 3.05) is 13.1 Å². The van der Waals surface area contributed by atoms with Crippen molar-refractivity contribution >= 4 is 17.2 Å². The average Bonchev–Trinajstić information content (AvgIpc) is 3.45. The molecule has 2 aromatic heterocycles. The number of aryl methyl sites for hydroxylation is 1. The van der Waals surface area contributed by atoms with Crippen LogP contribution in [0.25, 0.3) is 11.5 Å². The lowest BCUT2D eigenvalue weighted by molar-refractivity contribution is -0.121. The van der Waals surface area contributed by atoms with Crippen LogP contribution in [-0.2, 0) is 24.3 Å². The quantitative estimate of drug-likeness (QED) is 0.575. The minimum atomic E-state index is -0.143. The molecule has 0 spiro atoms. The Labute approximate surface area is 179 Å². The van der Waals surface area contributed by atoms with Crippen molar-refractivity contribution in [2.24, 2.45) is 0 Å². The molecule has 1 aliphatic heterocycles. The van der Waals surface area contributed by atoms with Gasteiger partial charge in [0.1, 0.15) is 0 Å². The molecule has 1 aromatic carbocycles. The summed E-state index contributed by atoms with van der Waals surface area (Å²) < 4.78 is 5.61. The van der Waals surface area contributed by atoms with E-state index in [1.807, 2.05) is 16.8 Å². The van der Waals surface area contributed by atoms with Crippen molar-refractivity contribution in [1.29, 1.82) is 0 Å². The Kier molecular flexibility index (Phi) is 6.88. The Hall–Kier alpha value is -2.55. The monoisotopic (exact) mass is 426 g/mol. The maximum atomic E-state index is 12.2. The van der Waals surface area contributed by atoms with Crippen LogP contribution >= 0.6 is 11.3 Å². The van der Waals surface area contributed by atoms with E-state index in [-0.39, 0.29) is 12.0 Å². The van der Waals surface area contributed by atoms with Gasteiger partial charge in [0.05, 0.1) is 6.10 Å². The van der Waals surface area contributed by atoms with Crippen LogP contribution in [0.15, 0.2) is 45.5 Å². The summed E-state index contributed by atoms with van der Waals surface area (Å²) in [5.74, 6) is 0.926. The number of nitrogens with one attached hydrogen (secondary N) is 1. The molecular formula is C22H26N4O3S. The molecule has 0 atom stereocenters. The highest BCUT2D eigenvalue weighted by molar-refractivity contribution is 7.08. The van der Waals surface area contributed by atoms with Gasteiger partial charge < -0.3 is 14.8 Å². The number of likely N-dealkylation sites (tertiary alicyclic amines) is 1. The summed E-state index contributed by atoms with van der Waals surface area (Å²) in [5.41, 5.74) is 3.22. The molecule has 30 heavy (non-hydrogen) atoms. The topological polar surface area (TPSA) is 91.5 Å². The van der Waals surface area contributed by atoms with E-state index in [1.165, 1.54) is 5.56 Å². The zero-order chi connectivity index (χ0) is 20.8. The lowest BCUT2D eigenvalue weighted by atomic mass is 10.1. The Bertz CT molecular complexity index is 932. The van der Waals surface area contributed by atoms with Crippen LogP contribution in [-0.4, -0.2) is 45.3 Å². The van der Waals surface area contributed by atoms with E-state index < -0.39 is 0 Å². The SMILES string of the molecule is O=C(CCc1nnc(-c2ccsc2)o1)NCc1ccc(CN2CCC(O)CC2)cc1. The predicted molar refractivity (Wildman–Crippen MR) is 115 cm³/mol. The highest BCUT2D eigenvalue weighted by Gasteiger charge is 2.16. The van der Waals surface area contributed by atoms with Gasteiger partial charge in [-0.3, -0.25) is 9.69 Å². The first kappa shape index (κ1) is 20.7. The van der Waals surface area contributed by atoms with Gasteiger partial charge in [0.15, 0.2) is 0 Å². The van der Waals surface area contributed by atoms with Gasteiger partial charge >= 0.3 is 0 Å². The standard InChI is InChI=1S/C22H26N4O3S/c27-19-7-10-26(11-8-19)14-17-3-1-16(2-4-17)13-23-20(28)5-6-21-24-25-22(29-21)18-9-12-30-15-18/h1-4,9,12,15,19,27H,5-8,10-11,13-14H2,(H,23,28). The molecule has 0 radical (unpaired) electrons. The van der Waals surface area contributed by atoms with Crippen LogP contribution in [0.1, 0.15) is 36.3 Å². The summed E-state index contributed by atoms with van der Waals surface area (Å²) in [6.07, 6.45) is 2.29. The first-order chi connectivity index (χ1) is 14.7. The molecule has 0 aliphatic carbocycles. The number of piperidine rings is 1. The highest BCUT2D eigenvalue weighted by Crippen LogP contribution is 2.20. The molecule has 8 heteroatoms. The molecular weight excluding hydrogens is 400 g/mol. The first-order valence-electron chi connectivity index (χ1n) is 10.3. The molecule has 7 nitrogen and oxygen atoms in total. The second kappa shape index (κ2) is 9.97. The fourth-order valence-electron chi connectivity index (χ4n) is 3.47. The van der Waals surface area contributed by atoms with E-state index in [0.717, 1.165) is 43.6 Å². The van der Waals surface area contributed by atoms with Crippen molar-refractivity contribution in [3.8, 4) is 11.5 Å². The lowest BCUT2D eigenvalue weighted by Gasteiger charge is -2.29. The molecule has 158 valence electrons. The van der Waals surface area contributed by atoms with Crippen LogP contribution in [0.4, 0.5) is 0 Å². The molecule has 0 bridgehead atoms. The molecule has 3 aromatic rings. The van der Waals surface area contributed by atoms with Crippen LogP contribution in [0.3, 0.4) is 0 Å². The average molecular weight is 427 g/mol. The molecule has 0 saturated carbocycles. The third-order valence-corrected chi connectivity index (χ3v) is 5.96. The molecule has 1 amide bonds. The number of rotatable bonds is 8. The number of nitrogens with zero attached hydrogens (tertiary/aromatic N) is 3. The summed E-state index contributed by atoms with van der Waals surface area (Å²) in [6, 6.07) is 10.3. The van der Waals surface area contributed by atoms with E-state index in [2.05, 4.69) is 44.7 Å². The molecule has 2 N–H and O–H groups in total. The maximum Gasteiger partial charge on any atom is 0.248 e.